The number of benzene rings is 3. The summed E-state index contributed by atoms with van der Waals surface area (Å²) in [7, 11) is 0. The minimum atomic E-state index is -0.179. The van der Waals surface area contributed by atoms with E-state index in [9.17, 15) is 0 Å². The molecule has 0 spiro atoms. The molecule has 3 heteroatoms. The van der Waals surface area contributed by atoms with E-state index >= 15 is 0 Å². The van der Waals surface area contributed by atoms with E-state index in [1.807, 2.05) is 18.2 Å². The second-order valence-electron chi connectivity index (χ2n) is 5.16. The molecule has 21 heavy (non-hydrogen) atoms. The Morgan fingerprint density at radius 1 is 1.05 bits per heavy atom. The van der Waals surface area contributed by atoms with Gasteiger partial charge >= 0.3 is 0 Å². The van der Waals surface area contributed by atoms with Crippen molar-refractivity contribution in [3.8, 4) is 0 Å². The molecule has 1 nitrogen and oxygen atoms in total. The van der Waals surface area contributed by atoms with E-state index in [-0.39, 0.29) is 6.04 Å². The number of rotatable bonds is 2. The predicted molar refractivity (Wildman–Crippen MR) is 98.9 cm³/mol. The molecule has 0 bridgehead atoms. The Labute approximate surface area is 143 Å². The van der Waals surface area contributed by atoms with Crippen LogP contribution in [0.5, 0.6) is 0 Å². The molecule has 0 saturated heterocycles. The molecule has 0 aliphatic rings. The van der Waals surface area contributed by atoms with E-state index < -0.39 is 0 Å². The van der Waals surface area contributed by atoms with Crippen LogP contribution in [-0.2, 0) is 0 Å². The first-order valence-corrected chi connectivity index (χ1v) is 8.22. The summed E-state index contributed by atoms with van der Waals surface area (Å²) in [6.07, 6.45) is 0. The summed E-state index contributed by atoms with van der Waals surface area (Å²) in [6, 6.07) is 18.3. The molecule has 1 unspecified atom stereocenters. The van der Waals surface area contributed by atoms with Crippen LogP contribution in [-0.4, -0.2) is 0 Å². The van der Waals surface area contributed by atoms with Gasteiger partial charge in [0.1, 0.15) is 0 Å². The van der Waals surface area contributed by atoms with Gasteiger partial charge in [-0.25, -0.2) is 0 Å². The third-order valence-corrected chi connectivity index (χ3v) is 5.01. The Kier molecular flexibility index (Phi) is 4.20. The first-order chi connectivity index (χ1) is 10.1. The van der Waals surface area contributed by atoms with Gasteiger partial charge in [-0.15, -0.1) is 0 Å². The summed E-state index contributed by atoms with van der Waals surface area (Å²) in [6.45, 7) is 2.11. The van der Waals surface area contributed by atoms with Gasteiger partial charge in [0.05, 0.1) is 6.04 Å². The van der Waals surface area contributed by atoms with Crippen molar-refractivity contribution >= 4 is 45.0 Å². The summed E-state index contributed by atoms with van der Waals surface area (Å²) < 4.78 is 1.14. The molecule has 3 rings (SSSR count). The summed E-state index contributed by atoms with van der Waals surface area (Å²) in [4.78, 5) is 0. The molecule has 0 radical (unpaired) electrons. The average molecular weight is 408 g/mol. The number of hydrogen-bond acceptors (Lipinski definition) is 1. The van der Waals surface area contributed by atoms with Gasteiger partial charge in [0.2, 0.25) is 0 Å². The minimum Gasteiger partial charge on any atom is -0.320 e. The van der Waals surface area contributed by atoms with Gasteiger partial charge in [-0.1, -0.05) is 48.0 Å². The zero-order valence-corrected chi connectivity index (χ0v) is 14.5. The Balaban J connectivity index is 2.24. The van der Waals surface area contributed by atoms with Crippen molar-refractivity contribution in [2.24, 2.45) is 5.73 Å². The Morgan fingerprint density at radius 3 is 2.62 bits per heavy atom. The molecular formula is C18H15ClIN. The quantitative estimate of drug-likeness (QED) is 0.561. The smallest absolute Gasteiger partial charge is 0.0571 e. The summed E-state index contributed by atoms with van der Waals surface area (Å²) in [5, 5.41) is 3.14. The lowest BCUT2D eigenvalue weighted by molar-refractivity contribution is 0.865. The van der Waals surface area contributed by atoms with Gasteiger partial charge in [-0.2, -0.15) is 0 Å². The van der Waals surface area contributed by atoms with Crippen LogP contribution in [0.15, 0.2) is 54.6 Å². The topological polar surface area (TPSA) is 26.0 Å². The van der Waals surface area contributed by atoms with Gasteiger partial charge < -0.3 is 5.73 Å². The van der Waals surface area contributed by atoms with Gasteiger partial charge in [0, 0.05) is 8.59 Å². The van der Waals surface area contributed by atoms with Crippen LogP contribution in [0.3, 0.4) is 0 Å². The van der Waals surface area contributed by atoms with E-state index in [1.54, 1.807) is 0 Å². The highest BCUT2D eigenvalue weighted by atomic mass is 127. The fraction of sp³-hybridized carbons (Fsp3) is 0.111. The molecule has 0 amide bonds. The zero-order valence-electron chi connectivity index (χ0n) is 11.6. The molecule has 0 heterocycles. The van der Waals surface area contributed by atoms with Crippen molar-refractivity contribution in [2.75, 3.05) is 0 Å². The molecule has 3 aromatic carbocycles. The highest BCUT2D eigenvalue weighted by Crippen LogP contribution is 2.33. The van der Waals surface area contributed by atoms with Crippen LogP contribution in [0.4, 0.5) is 0 Å². The first kappa shape index (κ1) is 14.8. The Morgan fingerprint density at radius 2 is 1.81 bits per heavy atom. The summed E-state index contributed by atoms with van der Waals surface area (Å²) >= 11 is 8.46. The van der Waals surface area contributed by atoms with Crippen molar-refractivity contribution in [1.29, 1.82) is 0 Å². The molecule has 2 N–H and O–H groups in total. The van der Waals surface area contributed by atoms with Gasteiger partial charge in [-0.3, -0.25) is 0 Å². The average Bonchev–Trinajstić information content (AvgIpc) is 2.49. The van der Waals surface area contributed by atoms with Crippen molar-refractivity contribution < 1.29 is 0 Å². The van der Waals surface area contributed by atoms with Crippen molar-refractivity contribution in [1.82, 2.24) is 0 Å². The normalized spacial score (nSPS) is 12.6. The van der Waals surface area contributed by atoms with Crippen molar-refractivity contribution in [3.63, 3.8) is 0 Å². The molecule has 0 saturated carbocycles. The SMILES string of the molecule is Cc1ccc2ccccc2c1C(N)c1cc(Cl)ccc1I. The standard InChI is InChI=1S/C18H15ClIN/c1-11-6-7-12-4-2-3-5-14(12)17(11)18(21)15-10-13(19)8-9-16(15)20/h2-10,18H,21H2,1H3. The van der Waals surface area contributed by atoms with Crippen LogP contribution in [0, 0.1) is 10.5 Å². The van der Waals surface area contributed by atoms with Gasteiger partial charge in [0.25, 0.3) is 0 Å². The van der Waals surface area contributed by atoms with Gasteiger partial charge in [-0.05, 0) is 75.2 Å². The highest BCUT2D eigenvalue weighted by molar-refractivity contribution is 14.1. The van der Waals surface area contributed by atoms with Crippen LogP contribution >= 0.6 is 34.2 Å². The molecule has 3 aromatic rings. The van der Waals surface area contributed by atoms with Crippen LogP contribution in [0.25, 0.3) is 10.8 Å². The maximum absolute atomic E-state index is 6.59. The number of fused-ring (bicyclic) bond motifs is 1. The van der Waals surface area contributed by atoms with E-state index in [0.29, 0.717) is 0 Å². The lowest BCUT2D eigenvalue weighted by atomic mass is 9.91. The van der Waals surface area contributed by atoms with E-state index in [0.717, 1.165) is 14.2 Å². The summed E-state index contributed by atoms with van der Waals surface area (Å²) in [5.74, 6) is 0. The zero-order chi connectivity index (χ0) is 15.0. The molecule has 0 fully saturated rings. The van der Waals surface area contributed by atoms with E-state index in [2.05, 4.69) is 65.9 Å². The van der Waals surface area contributed by atoms with Crippen LogP contribution in [0.2, 0.25) is 5.02 Å². The molecule has 0 aromatic heterocycles. The van der Waals surface area contributed by atoms with Crippen molar-refractivity contribution in [3.05, 3.63) is 79.9 Å². The molecule has 0 aliphatic carbocycles. The molecular weight excluding hydrogens is 393 g/mol. The monoisotopic (exact) mass is 407 g/mol. The Bertz CT molecular complexity index is 813. The highest BCUT2D eigenvalue weighted by Gasteiger charge is 2.17. The molecule has 1 atom stereocenters. The van der Waals surface area contributed by atoms with Crippen molar-refractivity contribution in [2.45, 2.75) is 13.0 Å². The minimum absolute atomic E-state index is 0.179. The first-order valence-electron chi connectivity index (χ1n) is 6.76. The third kappa shape index (κ3) is 2.80. The summed E-state index contributed by atoms with van der Waals surface area (Å²) in [5.41, 5.74) is 10.0. The number of aryl methyl sites for hydroxylation is 1. The fourth-order valence-electron chi connectivity index (χ4n) is 2.73. The third-order valence-electron chi connectivity index (χ3n) is 3.79. The predicted octanol–water partition coefficient (Wildman–Crippen LogP) is 5.45. The van der Waals surface area contributed by atoms with E-state index in [4.69, 9.17) is 17.3 Å². The van der Waals surface area contributed by atoms with Crippen LogP contribution in [0.1, 0.15) is 22.7 Å². The second-order valence-corrected chi connectivity index (χ2v) is 6.76. The van der Waals surface area contributed by atoms with E-state index in [1.165, 1.54) is 21.9 Å². The number of nitrogens with two attached hydrogens (primary N) is 1. The Hall–Kier alpha value is -1.10. The van der Waals surface area contributed by atoms with Gasteiger partial charge in [0.15, 0.2) is 0 Å². The number of hydrogen-bond donors (Lipinski definition) is 1. The number of halogens is 2. The largest absolute Gasteiger partial charge is 0.320 e. The molecule has 106 valence electrons. The molecule has 0 aliphatic heterocycles. The maximum atomic E-state index is 6.59. The maximum Gasteiger partial charge on any atom is 0.0571 e. The lowest BCUT2D eigenvalue weighted by Gasteiger charge is -2.19. The van der Waals surface area contributed by atoms with Crippen LogP contribution < -0.4 is 5.73 Å². The fourth-order valence-corrected chi connectivity index (χ4v) is 3.58. The lowest BCUT2D eigenvalue weighted by Crippen LogP contribution is -2.15. The second kappa shape index (κ2) is 5.95.